The molecule has 10 aromatic rings. The minimum absolute atomic E-state index is 1.04. The van der Waals surface area contributed by atoms with Crippen molar-refractivity contribution in [2.75, 3.05) is 5.32 Å². The number of para-hydroxylation sites is 1. The van der Waals surface area contributed by atoms with Crippen molar-refractivity contribution in [3.63, 3.8) is 0 Å². The standard InChI is InChI=1S/C54H38N2/c1-5-15-38(16-6-1)41-25-29-48(30-26-41)56-53-24-14-13-23-49(53)50-31-27-44(37-54(50)56)43-28-32-52(51(36-43)42-21-11-4-12-22-42)55-47-34-45(39-17-7-2-8-18-39)33-46(35-47)40-19-9-3-10-20-40/h1-37,55H. The van der Waals surface area contributed by atoms with E-state index in [0.29, 0.717) is 0 Å². The molecule has 0 aliphatic carbocycles. The average Bonchev–Trinajstić information content (AvgIpc) is 3.61. The molecule has 9 aromatic carbocycles. The highest BCUT2D eigenvalue weighted by molar-refractivity contribution is 6.10. The van der Waals surface area contributed by atoms with Crippen molar-refractivity contribution in [1.82, 2.24) is 4.57 Å². The van der Waals surface area contributed by atoms with Gasteiger partial charge < -0.3 is 9.88 Å². The Kier molecular flexibility index (Phi) is 8.55. The largest absolute Gasteiger partial charge is 0.355 e. The fraction of sp³-hybridized carbons (Fsp3) is 0. The first-order valence-electron chi connectivity index (χ1n) is 19.2. The first kappa shape index (κ1) is 33.2. The molecule has 10 rings (SSSR count). The highest BCUT2D eigenvalue weighted by Crippen LogP contribution is 2.40. The van der Waals surface area contributed by atoms with Gasteiger partial charge >= 0.3 is 0 Å². The molecule has 0 aliphatic rings. The van der Waals surface area contributed by atoms with Crippen LogP contribution in [0, 0.1) is 0 Å². The van der Waals surface area contributed by atoms with Gasteiger partial charge in [0.15, 0.2) is 0 Å². The molecule has 0 aliphatic heterocycles. The lowest BCUT2D eigenvalue weighted by molar-refractivity contribution is 1.18. The molecule has 0 unspecified atom stereocenters. The first-order valence-corrected chi connectivity index (χ1v) is 19.2. The lowest BCUT2D eigenvalue weighted by Crippen LogP contribution is -1.96. The molecule has 2 heteroatoms. The molecule has 0 saturated carbocycles. The van der Waals surface area contributed by atoms with Crippen molar-refractivity contribution in [3.8, 4) is 61.3 Å². The van der Waals surface area contributed by atoms with Gasteiger partial charge in [-0.1, -0.05) is 170 Å². The summed E-state index contributed by atoms with van der Waals surface area (Å²) >= 11 is 0. The Labute approximate surface area is 327 Å². The summed E-state index contributed by atoms with van der Waals surface area (Å²) in [5.41, 5.74) is 17.4. The minimum atomic E-state index is 1.04. The van der Waals surface area contributed by atoms with Crippen LogP contribution in [0.25, 0.3) is 83.1 Å². The first-order chi connectivity index (χ1) is 27.7. The number of fused-ring (bicyclic) bond motifs is 3. The molecule has 56 heavy (non-hydrogen) atoms. The number of benzene rings is 9. The molecule has 264 valence electrons. The molecular weight excluding hydrogens is 677 g/mol. The number of anilines is 2. The molecule has 0 fully saturated rings. The van der Waals surface area contributed by atoms with Crippen molar-refractivity contribution >= 4 is 33.2 Å². The second-order valence-corrected chi connectivity index (χ2v) is 14.3. The van der Waals surface area contributed by atoms with Crippen LogP contribution in [0.15, 0.2) is 224 Å². The van der Waals surface area contributed by atoms with Gasteiger partial charge in [-0.15, -0.1) is 0 Å². The zero-order valence-electron chi connectivity index (χ0n) is 30.8. The summed E-state index contributed by atoms with van der Waals surface area (Å²) in [4.78, 5) is 0. The van der Waals surface area contributed by atoms with Crippen LogP contribution < -0.4 is 5.32 Å². The summed E-state index contributed by atoms with van der Waals surface area (Å²) in [7, 11) is 0. The number of hydrogen-bond acceptors (Lipinski definition) is 1. The van der Waals surface area contributed by atoms with Gasteiger partial charge in [-0.3, -0.25) is 0 Å². The van der Waals surface area contributed by atoms with Gasteiger partial charge in [-0.25, -0.2) is 0 Å². The molecular formula is C54H38N2. The number of aromatic nitrogens is 1. The lowest BCUT2D eigenvalue weighted by atomic mass is 9.95. The van der Waals surface area contributed by atoms with Crippen LogP contribution in [0.3, 0.4) is 0 Å². The number of rotatable bonds is 8. The maximum atomic E-state index is 3.86. The van der Waals surface area contributed by atoms with Crippen molar-refractivity contribution in [2.45, 2.75) is 0 Å². The summed E-state index contributed by atoms with van der Waals surface area (Å²) in [5, 5.41) is 6.35. The Morgan fingerprint density at radius 3 is 1.38 bits per heavy atom. The third kappa shape index (κ3) is 6.34. The van der Waals surface area contributed by atoms with Gasteiger partial charge in [0.2, 0.25) is 0 Å². The molecule has 2 nitrogen and oxygen atoms in total. The Hall–Kier alpha value is -7.42. The fourth-order valence-corrected chi connectivity index (χ4v) is 8.00. The fourth-order valence-electron chi connectivity index (χ4n) is 8.00. The van der Waals surface area contributed by atoms with Crippen molar-refractivity contribution in [1.29, 1.82) is 0 Å². The van der Waals surface area contributed by atoms with Gasteiger partial charge in [0, 0.05) is 33.4 Å². The molecule has 1 heterocycles. The Morgan fingerprint density at radius 2 is 0.750 bits per heavy atom. The molecule has 0 spiro atoms. The van der Waals surface area contributed by atoms with E-state index in [9.17, 15) is 0 Å². The van der Waals surface area contributed by atoms with E-state index in [0.717, 1.165) is 33.8 Å². The summed E-state index contributed by atoms with van der Waals surface area (Å²) < 4.78 is 2.40. The van der Waals surface area contributed by atoms with Crippen LogP contribution in [0.1, 0.15) is 0 Å². The van der Waals surface area contributed by atoms with Gasteiger partial charge in [0.05, 0.1) is 11.0 Å². The highest BCUT2D eigenvalue weighted by atomic mass is 15.0. The van der Waals surface area contributed by atoms with Crippen molar-refractivity contribution < 1.29 is 0 Å². The number of hydrogen-bond donors (Lipinski definition) is 1. The number of nitrogens with one attached hydrogen (secondary N) is 1. The quantitative estimate of drug-likeness (QED) is 0.166. The zero-order chi connectivity index (χ0) is 37.3. The predicted molar refractivity (Wildman–Crippen MR) is 238 cm³/mol. The Balaban J connectivity index is 1.08. The molecule has 0 bridgehead atoms. The van der Waals surface area contributed by atoms with Crippen LogP contribution in [0.2, 0.25) is 0 Å². The van der Waals surface area contributed by atoms with Gasteiger partial charge in [-0.2, -0.15) is 0 Å². The second-order valence-electron chi connectivity index (χ2n) is 14.3. The van der Waals surface area contributed by atoms with E-state index in [4.69, 9.17) is 0 Å². The van der Waals surface area contributed by atoms with E-state index in [2.05, 4.69) is 234 Å². The van der Waals surface area contributed by atoms with Crippen LogP contribution in [-0.2, 0) is 0 Å². The van der Waals surface area contributed by atoms with Crippen LogP contribution >= 0.6 is 0 Å². The van der Waals surface area contributed by atoms with E-state index >= 15 is 0 Å². The Morgan fingerprint density at radius 1 is 0.286 bits per heavy atom. The Bertz CT molecular complexity index is 2890. The minimum Gasteiger partial charge on any atom is -0.355 e. The average molecular weight is 715 g/mol. The summed E-state index contributed by atoms with van der Waals surface area (Å²) in [6.07, 6.45) is 0. The third-order valence-electron chi connectivity index (χ3n) is 10.8. The number of nitrogens with zero attached hydrogens (tertiary/aromatic N) is 1. The van der Waals surface area contributed by atoms with E-state index in [1.165, 1.54) is 60.8 Å². The third-order valence-corrected chi connectivity index (χ3v) is 10.8. The van der Waals surface area contributed by atoms with E-state index < -0.39 is 0 Å². The summed E-state index contributed by atoms with van der Waals surface area (Å²) in [6.45, 7) is 0. The van der Waals surface area contributed by atoms with Gasteiger partial charge in [0.1, 0.15) is 0 Å². The monoisotopic (exact) mass is 714 g/mol. The zero-order valence-corrected chi connectivity index (χ0v) is 30.8. The maximum Gasteiger partial charge on any atom is 0.0547 e. The van der Waals surface area contributed by atoms with Crippen molar-refractivity contribution in [3.05, 3.63) is 224 Å². The summed E-state index contributed by atoms with van der Waals surface area (Å²) in [5.74, 6) is 0. The smallest absolute Gasteiger partial charge is 0.0547 e. The molecule has 1 aromatic heterocycles. The second kappa shape index (κ2) is 14.4. The SMILES string of the molecule is c1ccc(-c2ccc(-n3c4ccccc4c4ccc(-c5ccc(Nc6cc(-c7ccccc7)cc(-c7ccccc7)c6)c(-c6ccccc6)c5)cc43)cc2)cc1. The summed E-state index contributed by atoms with van der Waals surface area (Å²) in [6, 6.07) is 80.7. The maximum absolute atomic E-state index is 3.86. The van der Waals surface area contributed by atoms with Gasteiger partial charge in [-0.05, 0) is 105 Å². The van der Waals surface area contributed by atoms with Crippen LogP contribution in [-0.4, -0.2) is 4.57 Å². The van der Waals surface area contributed by atoms with Crippen LogP contribution in [0.4, 0.5) is 11.4 Å². The molecule has 1 N–H and O–H groups in total. The molecule has 0 atom stereocenters. The van der Waals surface area contributed by atoms with E-state index in [1.54, 1.807) is 0 Å². The molecule has 0 radical (unpaired) electrons. The van der Waals surface area contributed by atoms with Crippen molar-refractivity contribution in [2.24, 2.45) is 0 Å². The lowest BCUT2D eigenvalue weighted by Gasteiger charge is -2.17. The normalized spacial score (nSPS) is 11.2. The molecule has 0 amide bonds. The van der Waals surface area contributed by atoms with E-state index in [1.807, 2.05) is 0 Å². The molecule has 0 saturated heterocycles. The van der Waals surface area contributed by atoms with E-state index in [-0.39, 0.29) is 0 Å². The topological polar surface area (TPSA) is 17.0 Å². The highest BCUT2D eigenvalue weighted by Gasteiger charge is 2.16. The van der Waals surface area contributed by atoms with Crippen LogP contribution in [0.5, 0.6) is 0 Å². The van der Waals surface area contributed by atoms with Gasteiger partial charge in [0.25, 0.3) is 0 Å². The predicted octanol–water partition coefficient (Wildman–Crippen LogP) is 14.9.